The van der Waals surface area contributed by atoms with Crippen LogP contribution in [0.15, 0.2) is 66.9 Å². The van der Waals surface area contributed by atoms with Crippen LogP contribution in [-0.4, -0.2) is 60.0 Å². The predicted octanol–water partition coefficient (Wildman–Crippen LogP) is 7.48. The average molecular weight is 699 g/mol. The van der Waals surface area contributed by atoms with Gasteiger partial charge in [-0.2, -0.15) is 0 Å². The Kier molecular flexibility index (Phi) is 12.7. The molecule has 3 heterocycles. The molecule has 1 aromatic heterocycles. The summed E-state index contributed by atoms with van der Waals surface area (Å²) in [5.74, 6) is 0.312. The molecule has 0 unspecified atom stereocenters. The first kappa shape index (κ1) is 36.3. The van der Waals surface area contributed by atoms with Crippen molar-refractivity contribution in [2.45, 2.75) is 45.4 Å². The van der Waals surface area contributed by atoms with Gasteiger partial charge in [-0.15, -0.1) is 38.0 Å². The molecule has 0 radical (unpaired) electrons. The van der Waals surface area contributed by atoms with Gasteiger partial charge in [-0.3, -0.25) is 9.80 Å². The number of fused-ring (bicyclic) bond motifs is 1. The van der Waals surface area contributed by atoms with E-state index < -0.39 is 6.36 Å². The molecule has 3 aromatic carbocycles. The molecule has 0 saturated carbocycles. The molecule has 250 valence electrons. The smallest absolute Gasteiger partial charge is 0.406 e. The van der Waals surface area contributed by atoms with E-state index in [1.54, 1.807) is 6.07 Å². The van der Waals surface area contributed by atoms with Gasteiger partial charge in [0.05, 0.1) is 0 Å². The van der Waals surface area contributed by atoms with Gasteiger partial charge in [-0.25, -0.2) is 0 Å². The molecule has 0 atom stereocenters. The number of hydrogen-bond acceptors (Lipinski definition) is 5. The predicted molar refractivity (Wildman–Crippen MR) is 184 cm³/mol. The van der Waals surface area contributed by atoms with Crippen LogP contribution in [0.2, 0.25) is 5.02 Å². The maximum absolute atomic E-state index is 12.9. The van der Waals surface area contributed by atoms with Gasteiger partial charge in [0.25, 0.3) is 0 Å². The molecule has 2 fully saturated rings. The zero-order chi connectivity index (χ0) is 30.7. The minimum atomic E-state index is -4.76. The van der Waals surface area contributed by atoms with Gasteiger partial charge in [0, 0.05) is 80.0 Å². The summed E-state index contributed by atoms with van der Waals surface area (Å²) >= 11 is 6.39. The Morgan fingerprint density at radius 3 is 2.22 bits per heavy atom. The molecule has 46 heavy (non-hydrogen) atoms. The number of rotatable bonds is 9. The van der Waals surface area contributed by atoms with Gasteiger partial charge >= 0.3 is 6.36 Å². The van der Waals surface area contributed by atoms with Gasteiger partial charge in [-0.1, -0.05) is 41.9 Å². The molecule has 0 spiro atoms. The number of nitrogens with two attached hydrogens (primary N) is 1. The third kappa shape index (κ3) is 8.89. The number of hydrogen-bond donors (Lipinski definition) is 2. The number of piperazine rings is 1. The fourth-order valence-corrected chi connectivity index (χ4v) is 6.78. The quantitative estimate of drug-likeness (QED) is 0.190. The highest BCUT2D eigenvalue weighted by Gasteiger charge is 2.31. The second kappa shape index (κ2) is 16.1. The lowest BCUT2D eigenvalue weighted by molar-refractivity contribution is -0.274. The van der Waals surface area contributed by atoms with E-state index in [-0.39, 0.29) is 37.1 Å². The molecule has 4 aromatic rings. The van der Waals surface area contributed by atoms with Crippen LogP contribution in [0.5, 0.6) is 5.75 Å². The molecule has 2 aliphatic rings. The second-order valence-corrected chi connectivity index (χ2v) is 12.4. The Morgan fingerprint density at radius 2 is 1.54 bits per heavy atom. The van der Waals surface area contributed by atoms with Crippen LogP contribution in [0.3, 0.4) is 0 Å². The highest BCUT2D eigenvalue weighted by atomic mass is 35.5. The lowest BCUT2D eigenvalue weighted by atomic mass is 9.98. The first-order valence-electron chi connectivity index (χ1n) is 15.4. The Hall–Kier alpha value is -2.50. The second-order valence-electron chi connectivity index (χ2n) is 12.0. The average Bonchev–Trinajstić information content (AvgIpc) is 3.36. The summed E-state index contributed by atoms with van der Waals surface area (Å²) in [6, 6.07) is 19.2. The third-order valence-corrected chi connectivity index (χ3v) is 9.27. The van der Waals surface area contributed by atoms with Crippen molar-refractivity contribution < 1.29 is 17.9 Å². The maximum atomic E-state index is 12.9. The van der Waals surface area contributed by atoms with Crippen LogP contribution in [0, 0.1) is 5.92 Å². The van der Waals surface area contributed by atoms with Crippen LogP contribution in [-0.2, 0) is 26.2 Å². The summed E-state index contributed by atoms with van der Waals surface area (Å²) in [6.45, 7) is 8.58. The van der Waals surface area contributed by atoms with Crippen molar-refractivity contribution >= 4 is 47.3 Å². The topological polar surface area (TPSA) is 58.7 Å². The summed E-state index contributed by atoms with van der Waals surface area (Å²) < 4.78 is 45.3. The molecule has 6 nitrogen and oxygen atoms in total. The van der Waals surface area contributed by atoms with Gasteiger partial charge in [0.2, 0.25) is 0 Å². The highest BCUT2D eigenvalue weighted by Crippen LogP contribution is 2.37. The molecule has 2 aliphatic heterocycles. The first-order chi connectivity index (χ1) is 21.3. The van der Waals surface area contributed by atoms with Crippen LogP contribution in [0.4, 0.5) is 13.2 Å². The van der Waals surface area contributed by atoms with Crippen molar-refractivity contribution in [3.63, 3.8) is 0 Å². The molecule has 3 N–H and O–H groups in total. The highest BCUT2D eigenvalue weighted by molar-refractivity contribution is 6.31. The largest absolute Gasteiger partial charge is 0.573 e. The SMILES string of the molecule is Cl.Cl.NCc1cc(OC(F)(F)F)ccc1-c1cn(CC2CCNCC2)c2ccc(CN3CCN(Cc4ccccc4Cl)CC3)cc12. The van der Waals surface area contributed by atoms with Crippen molar-refractivity contribution in [2.75, 3.05) is 39.3 Å². The van der Waals surface area contributed by atoms with Gasteiger partial charge in [-0.05, 0) is 84.4 Å². The number of ether oxygens (including phenoxy) is 1. The number of nitrogens with one attached hydrogen (secondary N) is 1. The Bertz CT molecular complexity index is 1580. The Balaban J connectivity index is 0.00000240. The number of benzene rings is 3. The minimum absolute atomic E-state index is 0. The summed E-state index contributed by atoms with van der Waals surface area (Å²) in [6.07, 6.45) is -0.365. The van der Waals surface area contributed by atoms with Gasteiger partial charge in [0.15, 0.2) is 0 Å². The number of piperidine rings is 1. The monoisotopic (exact) mass is 697 g/mol. The van der Waals surface area contributed by atoms with E-state index in [0.29, 0.717) is 11.5 Å². The molecular formula is C34H41Cl3F3N5O. The summed E-state index contributed by atoms with van der Waals surface area (Å²) in [5, 5.41) is 5.34. The normalized spacial score (nSPS) is 16.6. The van der Waals surface area contributed by atoms with Crippen LogP contribution in [0.1, 0.15) is 29.5 Å². The fourth-order valence-electron chi connectivity index (χ4n) is 6.58. The number of nitrogens with zero attached hydrogens (tertiary/aromatic N) is 3. The molecule has 0 bridgehead atoms. The zero-order valence-electron chi connectivity index (χ0n) is 25.6. The molecule has 6 rings (SSSR count). The van der Waals surface area contributed by atoms with Crippen LogP contribution in [0.25, 0.3) is 22.0 Å². The molecule has 0 amide bonds. The minimum Gasteiger partial charge on any atom is -0.406 e. The number of halogens is 6. The standard InChI is InChI=1S/C34H39ClF3N5O.2ClH/c35-32-4-2-1-3-26(32)22-42-15-13-41(14-16-42)20-25-5-8-33-30(17-25)31(23-43(33)21-24-9-11-40-12-10-24)29-7-6-28(18-27(29)19-39)44-34(36,37)38;;/h1-8,17-18,23-24,40H,9-16,19-22,39H2;2*1H. The van der Waals surface area contributed by atoms with E-state index in [4.69, 9.17) is 17.3 Å². The van der Waals surface area contributed by atoms with E-state index in [0.717, 1.165) is 104 Å². The maximum Gasteiger partial charge on any atom is 0.573 e. The Labute approximate surface area is 285 Å². The van der Waals surface area contributed by atoms with E-state index in [9.17, 15) is 13.2 Å². The summed E-state index contributed by atoms with van der Waals surface area (Å²) in [7, 11) is 0. The molecule has 0 aliphatic carbocycles. The van der Waals surface area contributed by atoms with Gasteiger partial charge in [0.1, 0.15) is 5.75 Å². The van der Waals surface area contributed by atoms with Crippen LogP contribution >= 0.6 is 36.4 Å². The summed E-state index contributed by atoms with van der Waals surface area (Å²) in [5.41, 5.74) is 12.0. The molecule has 2 saturated heterocycles. The zero-order valence-corrected chi connectivity index (χ0v) is 28.0. The molecular weight excluding hydrogens is 658 g/mol. The first-order valence-corrected chi connectivity index (χ1v) is 15.7. The molecule has 12 heteroatoms. The van der Waals surface area contributed by atoms with Gasteiger partial charge < -0.3 is 20.4 Å². The number of aromatic nitrogens is 1. The van der Waals surface area contributed by atoms with E-state index in [1.165, 1.54) is 17.7 Å². The van der Waals surface area contributed by atoms with Crippen molar-refractivity contribution in [1.29, 1.82) is 0 Å². The van der Waals surface area contributed by atoms with Crippen molar-refractivity contribution in [3.8, 4) is 16.9 Å². The lowest BCUT2D eigenvalue weighted by Gasteiger charge is -2.35. The van der Waals surface area contributed by atoms with Crippen molar-refractivity contribution in [1.82, 2.24) is 19.7 Å². The van der Waals surface area contributed by atoms with E-state index in [1.807, 2.05) is 18.2 Å². The van der Waals surface area contributed by atoms with Crippen molar-refractivity contribution in [3.05, 3.63) is 88.6 Å². The lowest BCUT2D eigenvalue weighted by Crippen LogP contribution is -2.45. The fraction of sp³-hybridized carbons (Fsp3) is 0.412. The number of alkyl halides is 3. The third-order valence-electron chi connectivity index (χ3n) is 8.90. The van der Waals surface area contributed by atoms with E-state index in [2.05, 4.69) is 54.9 Å². The Morgan fingerprint density at radius 1 is 0.848 bits per heavy atom. The van der Waals surface area contributed by atoms with E-state index >= 15 is 0 Å². The van der Waals surface area contributed by atoms with Crippen molar-refractivity contribution in [2.24, 2.45) is 11.7 Å². The summed E-state index contributed by atoms with van der Waals surface area (Å²) in [4.78, 5) is 4.92. The van der Waals surface area contributed by atoms with Crippen LogP contribution < -0.4 is 15.8 Å².